The summed E-state index contributed by atoms with van der Waals surface area (Å²) in [4.78, 5) is 16.7. The van der Waals surface area contributed by atoms with Crippen LogP contribution < -0.4 is 11.1 Å². The van der Waals surface area contributed by atoms with Crippen LogP contribution in [0.25, 0.3) is 22.2 Å². The molecule has 0 aliphatic carbocycles. The van der Waals surface area contributed by atoms with Crippen LogP contribution >= 0.6 is 11.6 Å². The fraction of sp³-hybridized carbons (Fsp3) is 0.130. The number of aromatic nitrogens is 2. The lowest BCUT2D eigenvalue weighted by molar-refractivity contribution is 0.102. The number of aryl methyl sites for hydroxylation is 1. The van der Waals surface area contributed by atoms with Gasteiger partial charge in [0.05, 0.1) is 21.8 Å². The van der Waals surface area contributed by atoms with Crippen molar-refractivity contribution in [3.05, 3.63) is 77.1 Å². The summed E-state index contributed by atoms with van der Waals surface area (Å²) in [5.41, 5.74) is 8.61. The van der Waals surface area contributed by atoms with Gasteiger partial charge in [-0.1, -0.05) is 43.6 Å². The molecule has 1 amide bonds. The maximum atomic E-state index is 14.1. The number of rotatable bonds is 3. The number of nitrogens with one attached hydrogen (secondary N) is 1. The van der Waals surface area contributed by atoms with Crippen LogP contribution in [0.2, 0.25) is 5.02 Å². The Balaban J connectivity index is 0.00000124. The predicted octanol–water partition coefficient (Wildman–Crippen LogP) is 5.89. The number of carbonyl (C=O) groups excluding carboxylic acids is 1. The Morgan fingerprint density at radius 1 is 1.10 bits per heavy atom. The maximum absolute atomic E-state index is 14.1. The molecule has 0 bridgehead atoms. The lowest BCUT2D eigenvalue weighted by Crippen LogP contribution is -2.14. The first-order chi connectivity index (χ1) is 14.5. The number of amides is 1. The quantitative estimate of drug-likeness (QED) is 0.430. The third-order valence-electron chi connectivity index (χ3n) is 4.59. The molecule has 0 saturated heterocycles. The van der Waals surface area contributed by atoms with E-state index >= 15 is 0 Å². The second-order valence-electron chi connectivity index (χ2n) is 6.32. The van der Waals surface area contributed by atoms with Crippen molar-refractivity contribution in [1.29, 1.82) is 0 Å². The van der Waals surface area contributed by atoms with Gasteiger partial charge in [-0.25, -0.2) is 9.37 Å². The van der Waals surface area contributed by atoms with Gasteiger partial charge in [0.2, 0.25) is 0 Å². The summed E-state index contributed by atoms with van der Waals surface area (Å²) < 4.78 is 15.9. The average Bonchev–Trinajstić information content (AvgIpc) is 3.08. The van der Waals surface area contributed by atoms with Crippen LogP contribution in [0.15, 0.2) is 60.7 Å². The summed E-state index contributed by atoms with van der Waals surface area (Å²) >= 11 is 6.05. The zero-order chi connectivity index (χ0) is 21.8. The van der Waals surface area contributed by atoms with E-state index in [9.17, 15) is 9.18 Å². The van der Waals surface area contributed by atoms with E-state index in [1.165, 1.54) is 6.07 Å². The molecular formula is C23H22ClFN4O. The normalized spacial score (nSPS) is 10.4. The molecule has 0 aliphatic rings. The Morgan fingerprint density at radius 3 is 2.50 bits per heavy atom. The van der Waals surface area contributed by atoms with Crippen molar-refractivity contribution >= 4 is 40.0 Å². The molecule has 154 valence electrons. The number of anilines is 2. The third kappa shape index (κ3) is 4.00. The Kier molecular flexibility index (Phi) is 6.37. The predicted molar refractivity (Wildman–Crippen MR) is 121 cm³/mol. The lowest BCUT2D eigenvalue weighted by atomic mass is 10.1. The number of nitrogen functional groups attached to an aromatic ring is 1. The Hall–Kier alpha value is -3.38. The van der Waals surface area contributed by atoms with Crippen LogP contribution in [0, 0.1) is 5.82 Å². The van der Waals surface area contributed by atoms with Gasteiger partial charge in [-0.15, -0.1) is 0 Å². The van der Waals surface area contributed by atoms with Crippen molar-refractivity contribution in [3.63, 3.8) is 0 Å². The van der Waals surface area contributed by atoms with Crippen LogP contribution in [-0.2, 0) is 7.05 Å². The SMILES string of the molecule is CC.Cn1c(-c2ccc(NC(=O)c3ccccc3Cl)nc2N)cc2c(F)cccc21. The molecule has 2 heterocycles. The molecule has 0 fully saturated rings. The van der Waals surface area contributed by atoms with Gasteiger partial charge < -0.3 is 15.6 Å². The molecule has 30 heavy (non-hydrogen) atoms. The molecule has 0 spiro atoms. The van der Waals surface area contributed by atoms with Crippen LogP contribution in [0.3, 0.4) is 0 Å². The zero-order valence-electron chi connectivity index (χ0n) is 16.9. The molecule has 5 nitrogen and oxygen atoms in total. The minimum Gasteiger partial charge on any atom is -0.383 e. The summed E-state index contributed by atoms with van der Waals surface area (Å²) in [7, 11) is 1.84. The van der Waals surface area contributed by atoms with Crippen molar-refractivity contribution in [2.75, 3.05) is 11.1 Å². The van der Waals surface area contributed by atoms with Crippen LogP contribution in [0.1, 0.15) is 24.2 Å². The zero-order valence-corrected chi connectivity index (χ0v) is 17.7. The molecule has 2 aromatic carbocycles. The van der Waals surface area contributed by atoms with Crippen molar-refractivity contribution in [1.82, 2.24) is 9.55 Å². The van der Waals surface area contributed by atoms with Gasteiger partial charge in [-0.2, -0.15) is 0 Å². The van der Waals surface area contributed by atoms with Gasteiger partial charge in [0, 0.05) is 18.0 Å². The molecule has 0 unspecified atom stereocenters. The molecule has 0 saturated carbocycles. The summed E-state index contributed by atoms with van der Waals surface area (Å²) in [5, 5.41) is 3.55. The molecule has 4 aromatic rings. The topological polar surface area (TPSA) is 72.9 Å². The summed E-state index contributed by atoms with van der Waals surface area (Å²) in [6, 6.07) is 16.8. The van der Waals surface area contributed by atoms with Gasteiger partial charge in [0.15, 0.2) is 0 Å². The van der Waals surface area contributed by atoms with Crippen molar-refractivity contribution in [2.45, 2.75) is 13.8 Å². The van der Waals surface area contributed by atoms with Crippen molar-refractivity contribution in [3.8, 4) is 11.3 Å². The lowest BCUT2D eigenvalue weighted by Gasteiger charge is -2.10. The first-order valence-corrected chi connectivity index (χ1v) is 9.90. The minimum absolute atomic E-state index is 0.225. The van der Waals surface area contributed by atoms with Crippen LogP contribution in [-0.4, -0.2) is 15.5 Å². The molecule has 0 aliphatic heterocycles. The molecular weight excluding hydrogens is 403 g/mol. The van der Waals surface area contributed by atoms with Gasteiger partial charge >= 0.3 is 0 Å². The number of carbonyl (C=O) groups is 1. The van der Waals surface area contributed by atoms with Crippen molar-refractivity contribution < 1.29 is 9.18 Å². The highest BCUT2D eigenvalue weighted by Crippen LogP contribution is 2.32. The molecule has 0 atom stereocenters. The van der Waals surface area contributed by atoms with E-state index in [1.807, 2.05) is 31.5 Å². The largest absolute Gasteiger partial charge is 0.383 e. The molecule has 0 radical (unpaired) electrons. The van der Waals surface area contributed by atoms with E-state index in [4.69, 9.17) is 17.3 Å². The number of halogens is 2. The number of hydrogen-bond acceptors (Lipinski definition) is 3. The minimum atomic E-state index is -0.378. The number of benzene rings is 2. The molecule has 3 N–H and O–H groups in total. The first kappa shape index (κ1) is 21.3. The van der Waals surface area contributed by atoms with E-state index in [2.05, 4.69) is 10.3 Å². The van der Waals surface area contributed by atoms with Crippen molar-refractivity contribution in [2.24, 2.45) is 7.05 Å². The third-order valence-corrected chi connectivity index (χ3v) is 4.92. The number of nitrogens with two attached hydrogens (primary N) is 1. The fourth-order valence-electron chi connectivity index (χ4n) is 3.17. The molecule has 7 heteroatoms. The summed E-state index contributed by atoms with van der Waals surface area (Å²) in [6.45, 7) is 4.00. The number of hydrogen-bond donors (Lipinski definition) is 2. The number of fused-ring (bicyclic) bond motifs is 1. The number of pyridine rings is 1. The second kappa shape index (κ2) is 8.97. The highest BCUT2D eigenvalue weighted by molar-refractivity contribution is 6.34. The van der Waals surface area contributed by atoms with E-state index in [0.717, 1.165) is 11.2 Å². The fourth-order valence-corrected chi connectivity index (χ4v) is 3.39. The monoisotopic (exact) mass is 424 g/mol. The standard InChI is InChI=1S/C21H16ClFN4O.C2H6/c1-27-17-8-4-7-16(23)14(17)11-18(27)13-9-10-19(25-20(13)24)26-21(28)12-5-2-3-6-15(12)22;1-2/h2-11H,1H3,(H3,24,25,26,28);1-2H3. The Morgan fingerprint density at radius 2 is 1.83 bits per heavy atom. The average molecular weight is 425 g/mol. The molecule has 4 rings (SSSR count). The summed E-state index contributed by atoms with van der Waals surface area (Å²) in [5.74, 6) is -0.147. The highest BCUT2D eigenvalue weighted by Gasteiger charge is 2.15. The van der Waals surface area contributed by atoms with E-state index in [0.29, 0.717) is 27.4 Å². The highest BCUT2D eigenvalue weighted by atomic mass is 35.5. The van der Waals surface area contributed by atoms with Crippen LogP contribution in [0.5, 0.6) is 0 Å². The van der Waals surface area contributed by atoms with Crippen LogP contribution in [0.4, 0.5) is 16.0 Å². The van der Waals surface area contributed by atoms with Gasteiger partial charge in [0.1, 0.15) is 17.5 Å². The molecule has 2 aromatic heterocycles. The Labute approximate surface area is 179 Å². The van der Waals surface area contributed by atoms with E-state index < -0.39 is 0 Å². The van der Waals surface area contributed by atoms with E-state index in [-0.39, 0.29) is 17.5 Å². The van der Waals surface area contributed by atoms with Gasteiger partial charge in [-0.3, -0.25) is 4.79 Å². The summed E-state index contributed by atoms with van der Waals surface area (Å²) in [6.07, 6.45) is 0. The van der Waals surface area contributed by atoms with E-state index in [1.54, 1.807) is 48.5 Å². The van der Waals surface area contributed by atoms with Gasteiger partial charge in [0.25, 0.3) is 5.91 Å². The number of nitrogens with zero attached hydrogens (tertiary/aromatic N) is 2. The maximum Gasteiger partial charge on any atom is 0.258 e. The second-order valence-corrected chi connectivity index (χ2v) is 6.73. The first-order valence-electron chi connectivity index (χ1n) is 9.52. The Bertz CT molecular complexity index is 1220. The smallest absolute Gasteiger partial charge is 0.258 e. The van der Waals surface area contributed by atoms with Gasteiger partial charge in [-0.05, 0) is 42.5 Å².